The van der Waals surface area contributed by atoms with Gasteiger partial charge in [-0.25, -0.2) is 0 Å². The van der Waals surface area contributed by atoms with Crippen LogP contribution in [-0.2, 0) is 0 Å². The van der Waals surface area contributed by atoms with Gasteiger partial charge >= 0.3 is 0 Å². The van der Waals surface area contributed by atoms with Crippen molar-refractivity contribution in [1.29, 1.82) is 0 Å². The fourth-order valence-corrected chi connectivity index (χ4v) is 0.300. The molecule has 112 valence electrons. The molecule has 6 N–H and O–H groups in total. The van der Waals surface area contributed by atoms with Crippen LogP contribution in [0.4, 0.5) is 0 Å². The van der Waals surface area contributed by atoms with E-state index >= 15 is 0 Å². The zero-order chi connectivity index (χ0) is 15.3. The Morgan fingerprint density at radius 1 is 0.500 bits per heavy atom. The van der Waals surface area contributed by atoms with Crippen molar-refractivity contribution in [1.82, 2.24) is 0 Å². The molecule has 18 heavy (non-hydrogen) atoms. The lowest BCUT2D eigenvalue weighted by Gasteiger charge is -2.23. The first-order chi connectivity index (χ1) is 8.24. The Bertz CT molecular complexity index is 90.4. The van der Waals surface area contributed by atoms with Gasteiger partial charge in [-0.05, 0) is 0 Å². The van der Waals surface area contributed by atoms with E-state index in [2.05, 4.69) is 52.6 Å². The standard InChI is InChI=1S/C5H12O4.4C2H4.H2O/c6-1-5(2-7,3-8)4-9;4*1-2;/h6-9H,1-4H2;4*1-2H2;1H2. The summed E-state index contributed by atoms with van der Waals surface area (Å²) < 4.78 is 0. The van der Waals surface area contributed by atoms with E-state index in [1.54, 1.807) is 0 Å². The van der Waals surface area contributed by atoms with Crippen molar-refractivity contribution in [2.24, 2.45) is 5.41 Å². The smallest absolute Gasteiger partial charge is 0.0627 e. The van der Waals surface area contributed by atoms with E-state index in [0.29, 0.717) is 0 Å². The molecule has 0 aliphatic carbocycles. The molecule has 0 aliphatic rings. The van der Waals surface area contributed by atoms with Crippen molar-refractivity contribution in [3.05, 3.63) is 52.6 Å². The number of rotatable bonds is 4. The Labute approximate surface area is 111 Å². The van der Waals surface area contributed by atoms with E-state index in [9.17, 15) is 0 Å². The summed E-state index contributed by atoms with van der Waals surface area (Å²) in [7, 11) is 0. The summed E-state index contributed by atoms with van der Waals surface area (Å²) >= 11 is 0. The van der Waals surface area contributed by atoms with Gasteiger partial charge in [-0.1, -0.05) is 0 Å². The average Bonchev–Trinajstić information content (AvgIpc) is 2.50. The molecular weight excluding hydrogens is 236 g/mol. The second-order valence-corrected chi connectivity index (χ2v) is 2.13. The van der Waals surface area contributed by atoms with Gasteiger partial charge in [-0.3, -0.25) is 0 Å². The molecule has 0 bridgehead atoms. The molecule has 5 heteroatoms. The molecule has 0 aromatic rings. The first-order valence-electron chi connectivity index (χ1n) is 4.68. The SMILES string of the molecule is C=C.C=C.C=C.C=C.O.OCC(CO)(CO)CO. The van der Waals surface area contributed by atoms with Crippen molar-refractivity contribution >= 4 is 0 Å². The van der Waals surface area contributed by atoms with Gasteiger partial charge in [0.25, 0.3) is 0 Å². The summed E-state index contributed by atoms with van der Waals surface area (Å²) in [4.78, 5) is 0. The largest absolute Gasteiger partial charge is 0.412 e. The fraction of sp³-hybridized carbons (Fsp3) is 0.385. The molecule has 0 saturated carbocycles. The summed E-state index contributed by atoms with van der Waals surface area (Å²) in [6.45, 7) is 22.4. The topological polar surface area (TPSA) is 112 Å². The Kier molecular flexibility index (Phi) is 89.4. The first-order valence-corrected chi connectivity index (χ1v) is 4.68. The third-order valence-electron chi connectivity index (χ3n) is 1.34. The van der Waals surface area contributed by atoms with Gasteiger partial charge < -0.3 is 25.9 Å². The maximum absolute atomic E-state index is 8.50. The summed E-state index contributed by atoms with van der Waals surface area (Å²) in [6, 6.07) is 0. The van der Waals surface area contributed by atoms with Gasteiger partial charge in [0.2, 0.25) is 0 Å². The van der Waals surface area contributed by atoms with Gasteiger partial charge in [0.15, 0.2) is 0 Å². The van der Waals surface area contributed by atoms with Crippen LogP contribution >= 0.6 is 0 Å². The van der Waals surface area contributed by atoms with Crippen LogP contribution in [0.15, 0.2) is 52.6 Å². The lowest BCUT2D eigenvalue weighted by Crippen LogP contribution is -2.37. The van der Waals surface area contributed by atoms with Gasteiger partial charge in [0.1, 0.15) is 0 Å². The molecule has 0 atom stereocenters. The van der Waals surface area contributed by atoms with Crippen molar-refractivity contribution in [2.75, 3.05) is 26.4 Å². The highest BCUT2D eigenvalue weighted by atomic mass is 16.3. The monoisotopic (exact) mass is 266 g/mol. The van der Waals surface area contributed by atoms with Crippen LogP contribution in [0.5, 0.6) is 0 Å². The predicted molar refractivity (Wildman–Crippen MR) is 79.4 cm³/mol. The van der Waals surface area contributed by atoms with Crippen LogP contribution in [0.3, 0.4) is 0 Å². The normalized spacial score (nSPS) is 6.89. The highest BCUT2D eigenvalue weighted by Gasteiger charge is 2.26. The average molecular weight is 266 g/mol. The van der Waals surface area contributed by atoms with Crippen LogP contribution in [0, 0.1) is 5.41 Å². The molecule has 0 heterocycles. The van der Waals surface area contributed by atoms with Gasteiger partial charge in [-0.2, -0.15) is 0 Å². The highest BCUT2D eigenvalue weighted by molar-refractivity contribution is 4.74. The molecule has 0 radical (unpaired) electrons. The summed E-state index contributed by atoms with van der Waals surface area (Å²) in [5, 5.41) is 34.0. The van der Waals surface area contributed by atoms with E-state index < -0.39 is 31.8 Å². The van der Waals surface area contributed by atoms with Crippen molar-refractivity contribution in [2.45, 2.75) is 0 Å². The Balaban J connectivity index is -0.0000000342. The number of aliphatic hydroxyl groups excluding tert-OH is 4. The summed E-state index contributed by atoms with van der Waals surface area (Å²) in [5.74, 6) is 0. The van der Waals surface area contributed by atoms with Gasteiger partial charge in [0.05, 0.1) is 31.8 Å². The molecule has 0 spiro atoms. The maximum atomic E-state index is 8.50. The van der Waals surface area contributed by atoms with Crippen LogP contribution in [0.1, 0.15) is 0 Å². The molecule has 0 saturated heterocycles. The Morgan fingerprint density at radius 2 is 0.611 bits per heavy atom. The second-order valence-electron chi connectivity index (χ2n) is 2.13. The fourth-order valence-electron chi connectivity index (χ4n) is 0.300. The summed E-state index contributed by atoms with van der Waals surface area (Å²) in [5.41, 5.74) is -1.11. The number of aliphatic hydroxyl groups is 4. The molecule has 0 aromatic carbocycles. The zero-order valence-electron chi connectivity index (χ0n) is 11.3. The van der Waals surface area contributed by atoms with Crippen molar-refractivity contribution in [3.8, 4) is 0 Å². The molecule has 0 aliphatic heterocycles. The van der Waals surface area contributed by atoms with E-state index in [-0.39, 0.29) is 5.48 Å². The highest BCUT2D eigenvalue weighted by Crippen LogP contribution is 2.11. The first kappa shape index (κ1) is 36.0. The molecule has 0 fully saturated rings. The third kappa shape index (κ3) is 24.1. The predicted octanol–water partition coefficient (Wildman–Crippen LogP) is 0.326. The zero-order valence-corrected chi connectivity index (χ0v) is 11.3. The van der Waals surface area contributed by atoms with E-state index in [1.165, 1.54) is 0 Å². The van der Waals surface area contributed by atoms with Crippen molar-refractivity contribution in [3.63, 3.8) is 0 Å². The molecule has 0 unspecified atom stereocenters. The number of hydrogen-bond donors (Lipinski definition) is 4. The third-order valence-corrected chi connectivity index (χ3v) is 1.34. The van der Waals surface area contributed by atoms with Gasteiger partial charge in [0, 0.05) is 0 Å². The minimum atomic E-state index is -1.11. The van der Waals surface area contributed by atoms with Crippen LogP contribution < -0.4 is 0 Å². The van der Waals surface area contributed by atoms with E-state index in [4.69, 9.17) is 20.4 Å². The van der Waals surface area contributed by atoms with Crippen LogP contribution in [-0.4, -0.2) is 52.3 Å². The molecule has 0 rings (SSSR count). The molecular formula is C13H30O5. The lowest BCUT2D eigenvalue weighted by atomic mass is 9.93. The van der Waals surface area contributed by atoms with E-state index in [1.807, 2.05) is 0 Å². The van der Waals surface area contributed by atoms with E-state index in [0.717, 1.165) is 0 Å². The minimum Gasteiger partial charge on any atom is -0.412 e. The van der Waals surface area contributed by atoms with Gasteiger partial charge in [-0.15, -0.1) is 52.6 Å². The molecule has 0 amide bonds. The second kappa shape index (κ2) is 44.7. The van der Waals surface area contributed by atoms with Crippen LogP contribution in [0.25, 0.3) is 0 Å². The number of hydrogen-bond acceptors (Lipinski definition) is 4. The Morgan fingerprint density at radius 3 is 0.611 bits per heavy atom. The lowest BCUT2D eigenvalue weighted by molar-refractivity contribution is -0.0328. The van der Waals surface area contributed by atoms with Crippen molar-refractivity contribution < 1.29 is 25.9 Å². The van der Waals surface area contributed by atoms with Crippen LogP contribution in [0.2, 0.25) is 0 Å². The maximum Gasteiger partial charge on any atom is 0.0627 e. The quantitative estimate of drug-likeness (QED) is 0.549. The summed E-state index contributed by atoms with van der Waals surface area (Å²) in [6.07, 6.45) is 0. The minimum absolute atomic E-state index is 0. The molecule has 5 nitrogen and oxygen atoms in total. The molecule has 0 aromatic heterocycles. The Hall–Kier alpha value is -1.24.